The van der Waals surface area contributed by atoms with Crippen LogP contribution in [-0.2, 0) is 0 Å². The molecule has 1 aliphatic heterocycles. The summed E-state index contributed by atoms with van der Waals surface area (Å²) in [5, 5.41) is 0. The first-order valence-corrected chi connectivity index (χ1v) is 5.83. The van der Waals surface area contributed by atoms with Crippen LogP contribution in [0.15, 0.2) is 42.5 Å². The summed E-state index contributed by atoms with van der Waals surface area (Å²) in [6, 6.07) is 13.8. The Balaban J connectivity index is 2.12. The van der Waals surface area contributed by atoms with Crippen molar-refractivity contribution < 1.29 is 9.47 Å². The molecule has 3 rings (SSSR count). The van der Waals surface area contributed by atoms with E-state index in [9.17, 15) is 0 Å². The van der Waals surface area contributed by atoms with Gasteiger partial charge in [-0.05, 0) is 24.1 Å². The van der Waals surface area contributed by atoms with E-state index in [-0.39, 0.29) is 0 Å². The molecule has 86 valence electrons. The van der Waals surface area contributed by atoms with E-state index >= 15 is 0 Å². The van der Waals surface area contributed by atoms with Crippen LogP contribution in [0.5, 0.6) is 23.0 Å². The van der Waals surface area contributed by atoms with Crippen molar-refractivity contribution in [3.63, 3.8) is 0 Å². The third kappa shape index (κ3) is 1.66. The van der Waals surface area contributed by atoms with Gasteiger partial charge in [-0.1, -0.05) is 38.1 Å². The second-order valence-electron chi connectivity index (χ2n) is 4.48. The monoisotopic (exact) mass is 226 g/mol. The summed E-state index contributed by atoms with van der Waals surface area (Å²) in [7, 11) is 0. The van der Waals surface area contributed by atoms with Gasteiger partial charge in [-0.3, -0.25) is 0 Å². The summed E-state index contributed by atoms with van der Waals surface area (Å²) in [6.45, 7) is 4.30. The van der Waals surface area contributed by atoms with Gasteiger partial charge >= 0.3 is 0 Å². The van der Waals surface area contributed by atoms with Crippen LogP contribution in [0.25, 0.3) is 0 Å². The lowest BCUT2D eigenvalue weighted by atomic mass is 10.0. The third-order valence-corrected chi connectivity index (χ3v) is 2.91. The first-order valence-electron chi connectivity index (χ1n) is 5.83. The Labute approximate surface area is 101 Å². The fourth-order valence-electron chi connectivity index (χ4n) is 2.02. The molecule has 0 atom stereocenters. The van der Waals surface area contributed by atoms with E-state index in [0.29, 0.717) is 5.92 Å². The van der Waals surface area contributed by atoms with Crippen LogP contribution in [0.2, 0.25) is 0 Å². The summed E-state index contributed by atoms with van der Waals surface area (Å²) >= 11 is 0. The minimum absolute atomic E-state index is 0.416. The van der Waals surface area contributed by atoms with Gasteiger partial charge in [-0.2, -0.15) is 0 Å². The van der Waals surface area contributed by atoms with Crippen LogP contribution in [-0.4, -0.2) is 0 Å². The van der Waals surface area contributed by atoms with E-state index < -0.39 is 0 Å². The van der Waals surface area contributed by atoms with Crippen molar-refractivity contribution in [2.24, 2.45) is 0 Å². The summed E-state index contributed by atoms with van der Waals surface area (Å²) in [4.78, 5) is 0. The number of hydrogen-bond donors (Lipinski definition) is 0. The number of ether oxygens (including phenoxy) is 2. The highest BCUT2D eigenvalue weighted by Gasteiger charge is 2.21. The minimum atomic E-state index is 0.416. The van der Waals surface area contributed by atoms with E-state index in [0.717, 1.165) is 23.0 Å². The normalized spacial score (nSPS) is 12.4. The van der Waals surface area contributed by atoms with Crippen LogP contribution in [0.4, 0.5) is 0 Å². The molecular weight excluding hydrogens is 212 g/mol. The van der Waals surface area contributed by atoms with Gasteiger partial charge in [0.2, 0.25) is 0 Å². The second kappa shape index (κ2) is 3.81. The third-order valence-electron chi connectivity index (χ3n) is 2.91. The fourth-order valence-corrected chi connectivity index (χ4v) is 2.02. The second-order valence-corrected chi connectivity index (χ2v) is 4.48. The maximum atomic E-state index is 5.94. The maximum absolute atomic E-state index is 5.94. The first-order chi connectivity index (χ1) is 8.25. The maximum Gasteiger partial charge on any atom is 0.173 e. The molecular formula is C15H14O2. The molecule has 2 heteroatoms. The van der Waals surface area contributed by atoms with Gasteiger partial charge in [0, 0.05) is 5.56 Å². The van der Waals surface area contributed by atoms with E-state index in [1.54, 1.807) is 0 Å². The summed E-state index contributed by atoms with van der Waals surface area (Å²) in [5.74, 6) is 3.63. The average molecular weight is 226 g/mol. The summed E-state index contributed by atoms with van der Waals surface area (Å²) < 4.78 is 11.8. The molecule has 0 spiro atoms. The Morgan fingerprint density at radius 1 is 0.765 bits per heavy atom. The Morgan fingerprint density at radius 2 is 1.41 bits per heavy atom. The largest absolute Gasteiger partial charge is 0.450 e. The molecule has 0 amide bonds. The quantitative estimate of drug-likeness (QED) is 0.598. The van der Waals surface area contributed by atoms with Crippen molar-refractivity contribution in [2.75, 3.05) is 0 Å². The SMILES string of the molecule is CC(C)c1cccc2c1Oc1ccccc1O2. The van der Waals surface area contributed by atoms with Gasteiger partial charge in [-0.25, -0.2) is 0 Å². The number of fused-ring (bicyclic) bond motifs is 2. The molecule has 17 heavy (non-hydrogen) atoms. The highest BCUT2D eigenvalue weighted by Crippen LogP contribution is 2.47. The van der Waals surface area contributed by atoms with Gasteiger partial charge in [0.05, 0.1) is 0 Å². The number of rotatable bonds is 1. The fraction of sp³-hybridized carbons (Fsp3) is 0.200. The van der Waals surface area contributed by atoms with Crippen LogP contribution in [0.1, 0.15) is 25.3 Å². The molecule has 1 heterocycles. The topological polar surface area (TPSA) is 18.5 Å². The average Bonchev–Trinajstić information content (AvgIpc) is 2.35. The predicted octanol–water partition coefficient (Wildman–Crippen LogP) is 4.71. The summed E-state index contributed by atoms with van der Waals surface area (Å²) in [6.07, 6.45) is 0. The zero-order chi connectivity index (χ0) is 11.8. The Kier molecular flexibility index (Phi) is 2.29. The van der Waals surface area contributed by atoms with Gasteiger partial charge < -0.3 is 9.47 Å². The highest BCUT2D eigenvalue weighted by atomic mass is 16.6. The van der Waals surface area contributed by atoms with Gasteiger partial charge in [0.1, 0.15) is 0 Å². The smallest absolute Gasteiger partial charge is 0.173 e. The van der Waals surface area contributed by atoms with Crippen molar-refractivity contribution in [1.29, 1.82) is 0 Å². The minimum Gasteiger partial charge on any atom is -0.450 e. The van der Waals surface area contributed by atoms with Crippen molar-refractivity contribution in [3.05, 3.63) is 48.0 Å². The van der Waals surface area contributed by atoms with Crippen LogP contribution < -0.4 is 9.47 Å². The van der Waals surface area contributed by atoms with Gasteiger partial charge in [0.15, 0.2) is 23.0 Å². The molecule has 0 aromatic heterocycles. The highest BCUT2D eigenvalue weighted by molar-refractivity contribution is 5.57. The Hall–Kier alpha value is -1.96. The molecule has 0 saturated carbocycles. The zero-order valence-electron chi connectivity index (χ0n) is 9.94. The summed E-state index contributed by atoms with van der Waals surface area (Å²) in [5.41, 5.74) is 1.18. The van der Waals surface area contributed by atoms with Crippen LogP contribution in [0, 0.1) is 0 Å². The number of benzene rings is 2. The van der Waals surface area contributed by atoms with Crippen molar-refractivity contribution in [2.45, 2.75) is 19.8 Å². The van der Waals surface area contributed by atoms with Crippen molar-refractivity contribution in [1.82, 2.24) is 0 Å². The molecule has 2 aromatic rings. The Bertz CT molecular complexity index is 559. The van der Waals surface area contributed by atoms with E-state index in [1.165, 1.54) is 5.56 Å². The van der Waals surface area contributed by atoms with Gasteiger partial charge in [0.25, 0.3) is 0 Å². The van der Waals surface area contributed by atoms with Crippen LogP contribution in [0.3, 0.4) is 0 Å². The lowest BCUT2D eigenvalue weighted by Crippen LogP contribution is -2.02. The molecule has 0 radical (unpaired) electrons. The zero-order valence-corrected chi connectivity index (χ0v) is 9.94. The number of para-hydroxylation sites is 3. The molecule has 0 aliphatic carbocycles. The lowest BCUT2D eigenvalue weighted by Gasteiger charge is -2.23. The Morgan fingerprint density at radius 3 is 2.12 bits per heavy atom. The molecule has 2 aromatic carbocycles. The van der Waals surface area contributed by atoms with Crippen LogP contribution >= 0.6 is 0 Å². The molecule has 1 aliphatic rings. The van der Waals surface area contributed by atoms with E-state index in [1.807, 2.05) is 36.4 Å². The molecule has 2 nitrogen and oxygen atoms in total. The van der Waals surface area contributed by atoms with Crippen molar-refractivity contribution in [3.8, 4) is 23.0 Å². The van der Waals surface area contributed by atoms with E-state index in [2.05, 4.69) is 19.9 Å². The van der Waals surface area contributed by atoms with Crippen molar-refractivity contribution >= 4 is 0 Å². The lowest BCUT2D eigenvalue weighted by molar-refractivity contribution is 0.355. The van der Waals surface area contributed by atoms with E-state index in [4.69, 9.17) is 9.47 Å². The molecule has 0 fully saturated rings. The molecule has 0 saturated heterocycles. The molecule has 0 unspecified atom stereocenters. The predicted molar refractivity (Wildman–Crippen MR) is 67.1 cm³/mol. The molecule has 0 N–H and O–H groups in total. The standard InChI is InChI=1S/C15H14O2/c1-10(2)11-6-5-9-14-15(11)17-13-8-4-3-7-12(13)16-14/h3-10H,1-2H3. The number of hydrogen-bond acceptors (Lipinski definition) is 2. The first kappa shape index (κ1) is 10.2. The molecule has 0 bridgehead atoms. The van der Waals surface area contributed by atoms with Gasteiger partial charge in [-0.15, -0.1) is 0 Å².